The lowest BCUT2D eigenvalue weighted by Gasteiger charge is -2.12. The highest BCUT2D eigenvalue weighted by atomic mass is 32.1. The van der Waals surface area contributed by atoms with Gasteiger partial charge in [-0.05, 0) is 102 Å². The Morgan fingerprint density at radius 2 is 1.10 bits per heavy atom. The van der Waals surface area contributed by atoms with Crippen molar-refractivity contribution in [3.8, 4) is 50.7 Å². The average Bonchev–Trinajstić information content (AvgIpc) is 4.20. The lowest BCUT2D eigenvalue weighted by molar-refractivity contribution is 0.574. The van der Waals surface area contributed by atoms with Gasteiger partial charge in [0.15, 0.2) is 17.5 Å². The number of aromatic nitrogens is 4. The molecule has 0 amide bonds. The smallest absolute Gasteiger partial charge is 0.164 e. The highest BCUT2D eigenvalue weighted by Gasteiger charge is 2.20. The first-order valence-electron chi connectivity index (χ1n) is 23.7. The lowest BCUT2D eigenvalue weighted by atomic mass is 9.96. The first-order valence-corrected chi connectivity index (χ1v) is 25.4. The van der Waals surface area contributed by atoms with Gasteiger partial charge in [0.1, 0.15) is 11.0 Å². The fourth-order valence-corrected chi connectivity index (χ4v) is 12.8. The summed E-state index contributed by atoms with van der Waals surface area (Å²) in [6.45, 7) is 6.41. The summed E-state index contributed by atoms with van der Waals surface area (Å²) in [5.41, 5.74) is 12.0. The number of rotatable bonds is 7. The highest BCUT2D eigenvalue weighted by molar-refractivity contribution is 7.26. The number of nitrogens with zero attached hydrogens (tertiary/aromatic N) is 4. The Balaban J connectivity index is 0.937. The summed E-state index contributed by atoms with van der Waals surface area (Å²) in [6.07, 6.45) is 3.87. The summed E-state index contributed by atoms with van der Waals surface area (Å²) in [5.74, 6) is 1.64. The van der Waals surface area contributed by atoms with Crippen LogP contribution in [-0.2, 0) is 0 Å². The quantitative estimate of drug-likeness (QED) is 0.160. The number of furan rings is 1. The summed E-state index contributed by atoms with van der Waals surface area (Å²) in [5, 5.41) is 9.37. The van der Waals surface area contributed by atoms with Crippen LogP contribution in [0.25, 0.3) is 135 Å². The molecule has 5 nitrogen and oxygen atoms in total. The predicted octanol–water partition coefficient (Wildman–Crippen LogP) is 16.3. The van der Waals surface area contributed by atoms with E-state index >= 15 is 0 Å². The molecule has 0 atom stereocenters. The molecule has 0 aliphatic rings. The van der Waals surface area contributed by atoms with Gasteiger partial charge < -0.3 is 8.98 Å². The number of fused-ring (bicyclic) bond motifs is 10. The van der Waals surface area contributed by atoms with Crippen LogP contribution in [0.1, 0.15) is 12.7 Å². The van der Waals surface area contributed by atoms with Crippen molar-refractivity contribution < 1.29 is 4.42 Å². The molecule has 0 aliphatic heterocycles. The van der Waals surface area contributed by atoms with E-state index < -0.39 is 0 Å². The maximum absolute atomic E-state index is 6.66. The first-order chi connectivity index (χ1) is 35.1. The van der Waals surface area contributed by atoms with Gasteiger partial charge in [-0.2, -0.15) is 0 Å². The number of para-hydroxylation sites is 2. The number of hydrogen-bond donors (Lipinski definition) is 0. The molecular formula is C64H40N4OS2. The Morgan fingerprint density at radius 1 is 0.479 bits per heavy atom. The Labute approximate surface area is 415 Å². The van der Waals surface area contributed by atoms with E-state index in [2.05, 4.69) is 181 Å². The molecule has 7 heteroatoms. The maximum Gasteiger partial charge on any atom is 0.164 e. The highest BCUT2D eigenvalue weighted by Crippen LogP contribution is 2.43. The van der Waals surface area contributed by atoms with Gasteiger partial charge in [-0.3, -0.25) is 0 Å². The molecule has 0 saturated heterocycles. The third-order valence-corrected chi connectivity index (χ3v) is 16.1. The molecule has 0 spiro atoms. The SMILES string of the molecule is C=C/C(c1nc(-c2ccccc2)nc(-c2cccc(-n3c4ccccc4c4ccccc43)c2)n1)=c1\c(=C/C)oc2ccc(-c3cccc4sc5ccc(-c6ccc7c(c6)sc6ccccc67)cc5c34)cc12. The molecule has 0 fully saturated rings. The van der Waals surface area contributed by atoms with Crippen LogP contribution in [0, 0.1) is 0 Å². The van der Waals surface area contributed by atoms with Gasteiger partial charge in [0, 0.05) is 84.1 Å². The van der Waals surface area contributed by atoms with Crippen molar-refractivity contribution in [2.45, 2.75) is 6.92 Å². The summed E-state index contributed by atoms with van der Waals surface area (Å²) in [6, 6.07) is 71.4. The minimum absolute atomic E-state index is 0.509. The van der Waals surface area contributed by atoms with Crippen LogP contribution in [0.4, 0.5) is 0 Å². The van der Waals surface area contributed by atoms with Crippen molar-refractivity contribution in [3.05, 3.63) is 229 Å². The van der Waals surface area contributed by atoms with Crippen molar-refractivity contribution in [2.75, 3.05) is 0 Å². The minimum Gasteiger partial charge on any atom is -0.456 e. The van der Waals surface area contributed by atoms with Crippen molar-refractivity contribution in [1.29, 1.82) is 0 Å². The summed E-state index contributed by atoms with van der Waals surface area (Å²) >= 11 is 3.69. The number of benzene rings is 9. The third kappa shape index (κ3) is 6.69. The Kier molecular flexibility index (Phi) is 9.56. The molecule has 0 saturated carbocycles. The van der Waals surface area contributed by atoms with E-state index in [1.165, 1.54) is 67.8 Å². The molecule has 14 rings (SSSR count). The Hall–Kier alpha value is -8.75. The molecule has 0 bridgehead atoms. The van der Waals surface area contributed by atoms with E-state index in [9.17, 15) is 0 Å². The molecule has 14 aromatic rings. The normalized spacial score (nSPS) is 12.7. The third-order valence-electron chi connectivity index (χ3n) is 13.8. The molecule has 0 aliphatic carbocycles. The van der Waals surface area contributed by atoms with Crippen molar-refractivity contribution >= 4 is 107 Å². The van der Waals surface area contributed by atoms with Crippen molar-refractivity contribution in [2.24, 2.45) is 0 Å². The average molecular weight is 945 g/mol. The second kappa shape index (κ2) is 16.5. The largest absolute Gasteiger partial charge is 0.456 e. The van der Waals surface area contributed by atoms with Gasteiger partial charge in [-0.25, -0.2) is 15.0 Å². The zero-order valence-electron chi connectivity index (χ0n) is 38.4. The van der Waals surface area contributed by atoms with Gasteiger partial charge in [0.25, 0.3) is 0 Å². The molecule has 0 N–H and O–H groups in total. The van der Waals surface area contributed by atoms with Crippen LogP contribution in [0.15, 0.2) is 217 Å². The van der Waals surface area contributed by atoms with Crippen LogP contribution in [0.3, 0.4) is 0 Å². The van der Waals surface area contributed by atoms with Crippen molar-refractivity contribution in [1.82, 2.24) is 19.5 Å². The van der Waals surface area contributed by atoms with Crippen LogP contribution in [0.5, 0.6) is 0 Å². The molecule has 5 heterocycles. The molecule has 5 aromatic heterocycles. The van der Waals surface area contributed by atoms with Crippen LogP contribution < -0.4 is 10.6 Å². The predicted molar refractivity (Wildman–Crippen MR) is 300 cm³/mol. The van der Waals surface area contributed by atoms with Gasteiger partial charge in [0.2, 0.25) is 0 Å². The molecule has 71 heavy (non-hydrogen) atoms. The van der Waals surface area contributed by atoms with Gasteiger partial charge >= 0.3 is 0 Å². The maximum atomic E-state index is 6.66. The summed E-state index contributed by atoms with van der Waals surface area (Å²) < 4.78 is 14.1. The van der Waals surface area contributed by atoms with Gasteiger partial charge in [-0.1, -0.05) is 146 Å². The number of hydrogen-bond acceptors (Lipinski definition) is 6. The van der Waals surface area contributed by atoms with E-state index in [4.69, 9.17) is 19.4 Å². The zero-order valence-corrected chi connectivity index (χ0v) is 40.1. The van der Waals surface area contributed by atoms with Crippen molar-refractivity contribution in [3.63, 3.8) is 0 Å². The van der Waals surface area contributed by atoms with E-state index in [0.717, 1.165) is 60.6 Å². The van der Waals surface area contributed by atoms with E-state index in [0.29, 0.717) is 17.5 Å². The Morgan fingerprint density at radius 3 is 1.90 bits per heavy atom. The molecule has 0 radical (unpaired) electrons. The Bertz CT molecular complexity index is 4580. The standard InChI is InChI=1S/C64H40N4OS2/c1-3-44(64-66-62(38-16-6-5-7-17-38)65-63(67-64)42-18-14-19-43(34-42)68-52-24-11-8-20-46(52)47-21-9-12-25-53(47)68)60-50-36-41(29-32-55(50)69-54(60)4-2)45-23-15-27-58-61(45)51-35-39(30-33-57(51)70-58)40-28-31-49-48-22-10-13-26-56(48)71-59(49)37-40/h3-37H,1H2,2H3/b54-4+,60-44+. The second-order valence-electron chi connectivity index (χ2n) is 17.9. The lowest BCUT2D eigenvalue weighted by Crippen LogP contribution is -2.24. The van der Waals surface area contributed by atoms with Crippen LogP contribution in [-0.4, -0.2) is 19.5 Å². The van der Waals surface area contributed by atoms with Gasteiger partial charge in [-0.15, -0.1) is 22.7 Å². The minimum atomic E-state index is 0.509. The number of allylic oxidation sites excluding steroid dienone is 1. The van der Waals surface area contributed by atoms with E-state index in [1.807, 2.05) is 72.1 Å². The summed E-state index contributed by atoms with van der Waals surface area (Å²) in [4.78, 5) is 15.7. The monoisotopic (exact) mass is 944 g/mol. The van der Waals surface area contributed by atoms with Gasteiger partial charge in [0.05, 0.1) is 11.0 Å². The topological polar surface area (TPSA) is 56.7 Å². The fraction of sp³-hybridized carbons (Fsp3) is 0.0156. The van der Waals surface area contributed by atoms with E-state index in [1.54, 1.807) is 0 Å². The molecular weight excluding hydrogens is 905 g/mol. The number of thiophene rings is 2. The molecule has 0 unspecified atom stereocenters. The fourth-order valence-electron chi connectivity index (χ4n) is 10.5. The second-order valence-corrected chi connectivity index (χ2v) is 20.0. The first kappa shape index (κ1) is 41.2. The summed E-state index contributed by atoms with van der Waals surface area (Å²) in [7, 11) is 0. The van der Waals surface area contributed by atoms with E-state index in [-0.39, 0.29) is 0 Å². The zero-order chi connectivity index (χ0) is 47.2. The molecule has 9 aromatic carbocycles. The van der Waals surface area contributed by atoms with Crippen LogP contribution >= 0.6 is 22.7 Å². The molecule has 334 valence electrons. The van der Waals surface area contributed by atoms with Crippen LogP contribution in [0.2, 0.25) is 0 Å².